The number of hydrogen-bond acceptors (Lipinski definition) is 3. The number of benzene rings is 1. The molecule has 0 saturated heterocycles. The fourth-order valence-electron chi connectivity index (χ4n) is 1.61. The third-order valence-corrected chi connectivity index (χ3v) is 4.60. The molecule has 1 aromatic heterocycles. The number of nitrogens with zero attached hydrogens (tertiary/aromatic N) is 1. The zero-order valence-corrected chi connectivity index (χ0v) is 12.7. The van der Waals surface area contributed by atoms with E-state index in [2.05, 4.69) is 18.0 Å². The second-order valence-electron chi connectivity index (χ2n) is 4.08. The van der Waals surface area contributed by atoms with Gasteiger partial charge in [0.1, 0.15) is 10.9 Å². The molecule has 0 N–H and O–H groups in total. The number of halogens is 2. The summed E-state index contributed by atoms with van der Waals surface area (Å²) in [5.74, 6) is 1.20. The summed E-state index contributed by atoms with van der Waals surface area (Å²) in [6.07, 6.45) is 0. The maximum Gasteiger partial charge on any atom is 0.280 e. The van der Waals surface area contributed by atoms with Crippen LogP contribution in [0, 0.1) is 20.8 Å². The fourth-order valence-corrected chi connectivity index (χ4v) is 2.93. The molecular formula is C13H13Cl2NOS. The quantitative estimate of drug-likeness (QED) is 0.722. The Balaban J connectivity index is 2.36. The van der Waals surface area contributed by atoms with Gasteiger partial charge in [-0.3, -0.25) is 0 Å². The van der Waals surface area contributed by atoms with Crippen LogP contribution < -0.4 is 4.74 Å². The van der Waals surface area contributed by atoms with Crippen LogP contribution in [0.1, 0.15) is 21.6 Å². The minimum atomic E-state index is 0.353. The zero-order valence-electron chi connectivity index (χ0n) is 10.4. The van der Waals surface area contributed by atoms with Crippen molar-refractivity contribution < 1.29 is 4.74 Å². The Hall–Kier alpha value is -0.770. The minimum Gasteiger partial charge on any atom is -0.430 e. The topological polar surface area (TPSA) is 22.1 Å². The Morgan fingerprint density at radius 1 is 1.22 bits per heavy atom. The van der Waals surface area contributed by atoms with Crippen LogP contribution in [0.25, 0.3) is 0 Å². The van der Waals surface area contributed by atoms with E-state index in [1.54, 1.807) is 0 Å². The second-order valence-corrected chi connectivity index (χ2v) is 5.75. The van der Waals surface area contributed by atoms with Gasteiger partial charge in [0.05, 0.1) is 10.8 Å². The molecular weight excluding hydrogens is 289 g/mol. The summed E-state index contributed by atoms with van der Waals surface area (Å²) < 4.78 is 5.85. The first-order chi connectivity index (χ1) is 8.52. The van der Waals surface area contributed by atoms with E-state index in [-0.39, 0.29) is 0 Å². The van der Waals surface area contributed by atoms with Crippen LogP contribution in [0.3, 0.4) is 0 Å². The maximum absolute atomic E-state index is 5.96. The number of rotatable bonds is 3. The van der Waals surface area contributed by atoms with Crippen molar-refractivity contribution in [3.8, 4) is 10.9 Å². The van der Waals surface area contributed by atoms with Gasteiger partial charge in [-0.05, 0) is 37.5 Å². The smallest absolute Gasteiger partial charge is 0.280 e. The normalized spacial score (nSPS) is 10.7. The summed E-state index contributed by atoms with van der Waals surface area (Å²) in [6.45, 7) is 6.11. The lowest BCUT2D eigenvalue weighted by Crippen LogP contribution is -1.92. The van der Waals surface area contributed by atoms with Crippen LogP contribution in [0.2, 0.25) is 5.15 Å². The minimum absolute atomic E-state index is 0.353. The molecule has 0 radical (unpaired) electrons. The lowest BCUT2D eigenvalue weighted by atomic mass is 10.1. The van der Waals surface area contributed by atoms with Crippen molar-refractivity contribution in [1.29, 1.82) is 0 Å². The van der Waals surface area contributed by atoms with Gasteiger partial charge >= 0.3 is 0 Å². The molecule has 2 rings (SSSR count). The Bertz CT molecular complexity index is 581. The van der Waals surface area contributed by atoms with Gasteiger partial charge in [0.25, 0.3) is 5.19 Å². The number of aryl methyl sites for hydroxylation is 2. The molecule has 5 heteroatoms. The van der Waals surface area contributed by atoms with Gasteiger partial charge in [-0.1, -0.05) is 35.1 Å². The summed E-state index contributed by atoms with van der Waals surface area (Å²) >= 11 is 13.1. The molecule has 0 aliphatic carbocycles. The molecule has 0 fully saturated rings. The number of alkyl halides is 1. The summed E-state index contributed by atoms with van der Waals surface area (Å²) in [5.41, 5.74) is 3.39. The average molecular weight is 302 g/mol. The van der Waals surface area contributed by atoms with E-state index in [9.17, 15) is 0 Å². The van der Waals surface area contributed by atoms with Gasteiger partial charge in [0, 0.05) is 0 Å². The molecule has 0 amide bonds. The molecule has 0 aliphatic heterocycles. The third-order valence-electron chi connectivity index (χ3n) is 2.81. The third kappa shape index (κ3) is 2.63. The van der Waals surface area contributed by atoms with Gasteiger partial charge < -0.3 is 4.74 Å². The molecule has 1 aromatic carbocycles. The zero-order chi connectivity index (χ0) is 13.3. The first-order valence-electron chi connectivity index (χ1n) is 5.48. The fraction of sp³-hybridized carbons (Fsp3) is 0.308. The van der Waals surface area contributed by atoms with E-state index >= 15 is 0 Å². The van der Waals surface area contributed by atoms with Crippen molar-refractivity contribution in [2.75, 3.05) is 0 Å². The highest BCUT2D eigenvalue weighted by Crippen LogP contribution is 2.36. The highest BCUT2D eigenvalue weighted by atomic mass is 35.5. The van der Waals surface area contributed by atoms with Crippen molar-refractivity contribution in [3.05, 3.63) is 38.9 Å². The van der Waals surface area contributed by atoms with E-state index in [0.29, 0.717) is 16.2 Å². The van der Waals surface area contributed by atoms with Crippen LogP contribution in [-0.4, -0.2) is 4.98 Å². The Kier molecular flexibility index (Phi) is 4.15. The van der Waals surface area contributed by atoms with E-state index in [4.69, 9.17) is 27.9 Å². The molecule has 0 atom stereocenters. The van der Waals surface area contributed by atoms with Crippen LogP contribution in [0.4, 0.5) is 0 Å². The standard InChI is InChI=1S/C13H13Cl2NOS/c1-7-4-5-8(2)11(9(7)3)17-13-16-12(15)10(6-14)18-13/h4-5H,6H2,1-3H3. The summed E-state index contributed by atoms with van der Waals surface area (Å²) in [6, 6.07) is 4.12. The first kappa shape index (κ1) is 13.7. The summed E-state index contributed by atoms with van der Waals surface area (Å²) in [5, 5.41) is 0.959. The monoisotopic (exact) mass is 301 g/mol. The lowest BCUT2D eigenvalue weighted by Gasteiger charge is -2.11. The van der Waals surface area contributed by atoms with Crippen molar-refractivity contribution in [1.82, 2.24) is 4.98 Å². The van der Waals surface area contributed by atoms with Gasteiger partial charge in [-0.15, -0.1) is 11.6 Å². The van der Waals surface area contributed by atoms with E-state index in [1.807, 2.05) is 19.9 Å². The molecule has 18 heavy (non-hydrogen) atoms. The first-order valence-corrected chi connectivity index (χ1v) is 7.21. The predicted octanol–water partition coefficient (Wildman–Crippen LogP) is 5.25. The van der Waals surface area contributed by atoms with E-state index in [0.717, 1.165) is 21.8 Å². The molecule has 0 unspecified atom stereocenters. The Labute approximate surface area is 121 Å². The van der Waals surface area contributed by atoms with Crippen molar-refractivity contribution in [2.45, 2.75) is 26.7 Å². The van der Waals surface area contributed by atoms with Crippen molar-refractivity contribution >= 4 is 34.5 Å². The number of aromatic nitrogens is 1. The van der Waals surface area contributed by atoms with Gasteiger partial charge in [0.2, 0.25) is 0 Å². The molecule has 0 spiro atoms. The summed E-state index contributed by atoms with van der Waals surface area (Å²) in [4.78, 5) is 5.00. The van der Waals surface area contributed by atoms with Crippen LogP contribution in [0.5, 0.6) is 10.9 Å². The number of hydrogen-bond donors (Lipinski definition) is 0. The molecule has 96 valence electrons. The molecule has 0 aliphatic rings. The second kappa shape index (κ2) is 5.47. The van der Waals surface area contributed by atoms with Crippen LogP contribution in [0.15, 0.2) is 12.1 Å². The van der Waals surface area contributed by atoms with Crippen LogP contribution in [-0.2, 0) is 5.88 Å². The Morgan fingerprint density at radius 3 is 2.50 bits per heavy atom. The lowest BCUT2D eigenvalue weighted by molar-refractivity contribution is 0.471. The SMILES string of the molecule is Cc1ccc(C)c(Oc2nc(Cl)c(CCl)s2)c1C. The maximum atomic E-state index is 5.96. The molecule has 0 bridgehead atoms. The van der Waals surface area contributed by atoms with Crippen LogP contribution >= 0.6 is 34.5 Å². The van der Waals surface area contributed by atoms with E-state index < -0.39 is 0 Å². The number of thiazole rings is 1. The predicted molar refractivity (Wildman–Crippen MR) is 77.4 cm³/mol. The Morgan fingerprint density at radius 2 is 1.89 bits per heavy atom. The molecule has 2 nitrogen and oxygen atoms in total. The van der Waals surface area contributed by atoms with Gasteiger partial charge in [0.15, 0.2) is 0 Å². The molecule has 1 heterocycles. The van der Waals surface area contributed by atoms with Gasteiger partial charge in [-0.2, -0.15) is 4.98 Å². The highest BCUT2D eigenvalue weighted by molar-refractivity contribution is 7.14. The molecule has 2 aromatic rings. The van der Waals surface area contributed by atoms with Crippen molar-refractivity contribution in [3.63, 3.8) is 0 Å². The van der Waals surface area contributed by atoms with Gasteiger partial charge in [-0.25, -0.2) is 0 Å². The highest BCUT2D eigenvalue weighted by Gasteiger charge is 2.13. The average Bonchev–Trinajstić information content (AvgIpc) is 2.70. The largest absolute Gasteiger partial charge is 0.430 e. The van der Waals surface area contributed by atoms with E-state index in [1.165, 1.54) is 16.9 Å². The van der Waals surface area contributed by atoms with Crippen molar-refractivity contribution in [2.24, 2.45) is 0 Å². The number of ether oxygens (including phenoxy) is 1. The summed E-state index contributed by atoms with van der Waals surface area (Å²) in [7, 11) is 0. The molecule has 0 saturated carbocycles.